The molecule has 0 bridgehead atoms. The van der Waals surface area contributed by atoms with Crippen molar-refractivity contribution >= 4 is 16.7 Å². The SMILES string of the molecule is COCC(C)n1c(-c2cc(C)c(=O)n(C)c2)nc2ccc(N)cc21. The van der Waals surface area contributed by atoms with Crippen molar-refractivity contribution in [1.29, 1.82) is 0 Å². The summed E-state index contributed by atoms with van der Waals surface area (Å²) < 4.78 is 9.04. The van der Waals surface area contributed by atoms with E-state index in [0.717, 1.165) is 22.4 Å². The topological polar surface area (TPSA) is 75.1 Å². The maximum atomic E-state index is 12.0. The number of fused-ring (bicyclic) bond motifs is 1. The minimum atomic E-state index is -0.00408. The number of nitrogens with two attached hydrogens (primary N) is 1. The van der Waals surface area contributed by atoms with Gasteiger partial charge in [-0.1, -0.05) is 0 Å². The molecule has 2 aromatic heterocycles. The number of nitrogen functional groups attached to an aromatic ring is 1. The van der Waals surface area contributed by atoms with Gasteiger partial charge in [0.25, 0.3) is 5.56 Å². The third-order valence-corrected chi connectivity index (χ3v) is 4.18. The normalized spacial score (nSPS) is 12.7. The lowest BCUT2D eigenvalue weighted by Crippen LogP contribution is -2.19. The molecule has 2 N–H and O–H groups in total. The van der Waals surface area contributed by atoms with Gasteiger partial charge in [0.2, 0.25) is 0 Å². The van der Waals surface area contributed by atoms with Gasteiger partial charge in [-0.05, 0) is 38.1 Å². The molecule has 24 heavy (non-hydrogen) atoms. The Labute approximate surface area is 140 Å². The summed E-state index contributed by atoms with van der Waals surface area (Å²) in [5.41, 5.74) is 10.1. The van der Waals surface area contributed by atoms with Gasteiger partial charge in [-0.25, -0.2) is 4.98 Å². The zero-order valence-electron chi connectivity index (χ0n) is 14.4. The highest BCUT2D eigenvalue weighted by Gasteiger charge is 2.18. The molecule has 1 aromatic carbocycles. The first kappa shape index (κ1) is 16.3. The summed E-state index contributed by atoms with van der Waals surface area (Å²) in [4.78, 5) is 16.8. The Morgan fingerprint density at radius 1 is 1.33 bits per heavy atom. The van der Waals surface area contributed by atoms with Crippen molar-refractivity contribution < 1.29 is 4.74 Å². The Morgan fingerprint density at radius 3 is 2.75 bits per heavy atom. The van der Waals surface area contributed by atoms with E-state index in [9.17, 15) is 4.79 Å². The fourth-order valence-corrected chi connectivity index (χ4v) is 3.08. The minimum Gasteiger partial charge on any atom is -0.399 e. The molecule has 6 nitrogen and oxygen atoms in total. The summed E-state index contributed by atoms with van der Waals surface area (Å²) in [6, 6.07) is 7.64. The van der Waals surface area contributed by atoms with E-state index < -0.39 is 0 Å². The van der Waals surface area contributed by atoms with Crippen LogP contribution in [0.4, 0.5) is 5.69 Å². The van der Waals surface area contributed by atoms with Crippen LogP contribution in [-0.2, 0) is 11.8 Å². The number of ether oxygens (including phenoxy) is 1. The van der Waals surface area contributed by atoms with E-state index >= 15 is 0 Å². The number of anilines is 1. The molecule has 0 radical (unpaired) electrons. The summed E-state index contributed by atoms with van der Waals surface area (Å²) >= 11 is 0. The van der Waals surface area contributed by atoms with Crippen molar-refractivity contribution in [1.82, 2.24) is 14.1 Å². The Balaban J connectivity index is 2.31. The van der Waals surface area contributed by atoms with Gasteiger partial charge in [-0.15, -0.1) is 0 Å². The van der Waals surface area contributed by atoms with E-state index in [-0.39, 0.29) is 11.6 Å². The van der Waals surface area contributed by atoms with Crippen LogP contribution in [0.25, 0.3) is 22.4 Å². The highest BCUT2D eigenvalue weighted by atomic mass is 16.5. The van der Waals surface area contributed by atoms with Crippen molar-refractivity contribution in [3.63, 3.8) is 0 Å². The van der Waals surface area contributed by atoms with Crippen LogP contribution in [0, 0.1) is 6.92 Å². The van der Waals surface area contributed by atoms with Crippen LogP contribution in [0.5, 0.6) is 0 Å². The number of benzene rings is 1. The first-order valence-electron chi connectivity index (χ1n) is 7.86. The van der Waals surface area contributed by atoms with E-state index in [1.807, 2.05) is 37.4 Å². The summed E-state index contributed by atoms with van der Waals surface area (Å²) in [6.45, 7) is 4.44. The van der Waals surface area contributed by atoms with E-state index in [1.54, 1.807) is 18.7 Å². The number of hydrogen-bond donors (Lipinski definition) is 1. The molecule has 0 fully saturated rings. The monoisotopic (exact) mass is 326 g/mol. The molecule has 0 saturated carbocycles. The second-order valence-corrected chi connectivity index (χ2v) is 6.19. The van der Waals surface area contributed by atoms with Gasteiger partial charge in [0.05, 0.1) is 23.7 Å². The summed E-state index contributed by atoms with van der Waals surface area (Å²) in [6.07, 6.45) is 1.82. The van der Waals surface area contributed by atoms with Crippen LogP contribution in [0.3, 0.4) is 0 Å². The van der Waals surface area contributed by atoms with Gasteiger partial charge >= 0.3 is 0 Å². The van der Waals surface area contributed by atoms with Crippen LogP contribution in [0.2, 0.25) is 0 Å². The molecule has 3 rings (SSSR count). The summed E-state index contributed by atoms with van der Waals surface area (Å²) in [5, 5.41) is 0. The first-order chi connectivity index (χ1) is 11.4. The van der Waals surface area contributed by atoms with Crippen molar-refractivity contribution in [2.24, 2.45) is 7.05 Å². The molecule has 1 atom stereocenters. The van der Waals surface area contributed by atoms with E-state index in [4.69, 9.17) is 15.5 Å². The van der Waals surface area contributed by atoms with E-state index in [2.05, 4.69) is 11.5 Å². The van der Waals surface area contributed by atoms with Crippen LogP contribution >= 0.6 is 0 Å². The molecule has 2 heterocycles. The smallest absolute Gasteiger partial charge is 0.253 e. The Bertz CT molecular complexity index is 929. The first-order valence-corrected chi connectivity index (χ1v) is 7.86. The van der Waals surface area contributed by atoms with Crippen LogP contribution in [0.15, 0.2) is 35.3 Å². The number of aromatic nitrogens is 3. The molecule has 1 unspecified atom stereocenters. The number of pyridine rings is 1. The van der Waals surface area contributed by atoms with Crippen LogP contribution in [0.1, 0.15) is 18.5 Å². The molecule has 126 valence electrons. The van der Waals surface area contributed by atoms with Crippen molar-refractivity contribution in [3.8, 4) is 11.4 Å². The van der Waals surface area contributed by atoms with Crippen LogP contribution < -0.4 is 11.3 Å². The Hall–Kier alpha value is -2.60. The number of rotatable bonds is 4. The third kappa shape index (κ3) is 2.69. The second-order valence-electron chi connectivity index (χ2n) is 6.19. The molecule has 6 heteroatoms. The van der Waals surface area contributed by atoms with Gasteiger partial charge < -0.3 is 19.6 Å². The number of nitrogens with zero attached hydrogens (tertiary/aromatic N) is 3. The number of aryl methyl sites for hydroxylation is 2. The molecule has 0 saturated heterocycles. The quantitative estimate of drug-likeness (QED) is 0.748. The molecule has 0 aliphatic carbocycles. The predicted octanol–water partition coefficient (Wildman–Crippen LogP) is 2.50. The molecular weight excluding hydrogens is 304 g/mol. The predicted molar refractivity (Wildman–Crippen MR) is 96.1 cm³/mol. The molecule has 0 aliphatic heterocycles. The Kier molecular flexibility index (Phi) is 4.15. The maximum Gasteiger partial charge on any atom is 0.253 e. The number of methoxy groups -OCH3 is 1. The zero-order valence-corrected chi connectivity index (χ0v) is 14.4. The van der Waals surface area contributed by atoms with Crippen molar-refractivity contribution in [2.75, 3.05) is 19.5 Å². The summed E-state index contributed by atoms with van der Waals surface area (Å²) in [7, 11) is 3.43. The van der Waals surface area contributed by atoms with Gasteiger partial charge in [0.1, 0.15) is 5.82 Å². The molecule has 0 aliphatic rings. The fraction of sp³-hybridized carbons (Fsp3) is 0.333. The second kappa shape index (κ2) is 6.13. The van der Waals surface area contributed by atoms with E-state index in [1.165, 1.54) is 0 Å². The zero-order chi connectivity index (χ0) is 17.4. The largest absolute Gasteiger partial charge is 0.399 e. The van der Waals surface area contributed by atoms with Gasteiger partial charge in [0, 0.05) is 37.2 Å². The minimum absolute atomic E-state index is 0.00408. The molecule has 0 spiro atoms. The lowest BCUT2D eigenvalue weighted by atomic mass is 10.2. The van der Waals surface area contributed by atoms with Gasteiger partial charge in [0.15, 0.2) is 0 Å². The summed E-state index contributed by atoms with van der Waals surface area (Å²) in [5.74, 6) is 0.804. The fourth-order valence-electron chi connectivity index (χ4n) is 3.08. The van der Waals surface area contributed by atoms with Crippen LogP contribution in [-0.4, -0.2) is 27.8 Å². The van der Waals surface area contributed by atoms with Gasteiger partial charge in [-0.2, -0.15) is 0 Å². The molecule has 3 aromatic rings. The lowest BCUT2D eigenvalue weighted by Gasteiger charge is -2.17. The molecular formula is C18H22N4O2. The third-order valence-electron chi connectivity index (χ3n) is 4.18. The standard InChI is InChI=1S/C18H22N4O2/c1-11-7-13(9-21(3)18(11)23)17-20-15-6-5-14(19)8-16(15)22(17)12(2)10-24-4/h5-9,12H,10,19H2,1-4H3. The van der Waals surface area contributed by atoms with E-state index in [0.29, 0.717) is 17.9 Å². The highest BCUT2D eigenvalue weighted by Crippen LogP contribution is 2.29. The number of hydrogen-bond acceptors (Lipinski definition) is 4. The lowest BCUT2D eigenvalue weighted by molar-refractivity contribution is 0.164. The average molecular weight is 326 g/mol. The van der Waals surface area contributed by atoms with Crippen molar-refractivity contribution in [3.05, 3.63) is 46.4 Å². The molecule has 0 amide bonds. The Morgan fingerprint density at radius 2 is 2.08 bits per heavy atom. The van der Waals surface area contributed by atoms with Crippen molar-refractivity contribution in [2.45, 2.75) is 19.9 Å². The van der Waals surface area contributed by atoms with Gasteiger partial charge in [-0.3, -0.25) is 4.79 Å². The highest BCUT2D eigenvalue weighted by molar-refractivity contribution is 5.83. The average Bonchev–Trinajstić information content (AvgIpc) is 2.91. The maximum absolute atomic E-state index is 12.0. The number of imidazole rings is 1.